The number of likely N-dealkylation sites (tertiary alicyclic amines) is 1. The van der Waals surface area contributed by atoms with Crippen LogP contribution in [0.3, 0.4) is 0 Å². The second kappa shape index (κ2) is 6.44. The van der Waals surface area contributed by atoms with E-state index < -0.39 is 5.60 Å². The highest BCUT2D eigenvalue weighted by Crippen LogP contribution is 2.48. The summed E-state index contributed by atoms with van der Waals surface area (Å²) in [5.74, 6) is 5.24. The molecule has 0 bridgehead atoms. The summed E-state index contributed by atoms with van der Waals surface area (Å²) < 4.78 is 5.37. The highest BCUT2D eigenvalue weighted by Gasteiger charge is 2.54. The number of benzene rings is 1. The molecular formula is C20H24N2O3. The maximum atomic E-state index is 12.0. The molecule has 132 valence electrons. The largest absolute Gasteiger partial charge is 0.444 e. The third kappa shape index (κ3) is 4.33. The summed E-state index contributed by atoms with van der Waals surface area (Å²) in [6.45, 7) is 7.03. The fraction of sp³-hybridized carbons (Fsp3) is 0.500. The molecule has 2 fully saturated rings. The van der Waals surface area contributed by atoms with Gasteiger partial charge in [-0.3, -0.25) is 4.79 Å². The average Bonchev–Trinajstić information content (AvgIpc) is 2.45. The molecule has 2 aliphatic rings. The molecule has 1 saturated carbocycles. The van der Waals surface area contributed by atoms with Crippen molar-refractivity contribution in [3.05, 3.63) is 35.9 Å². The predicted molar refractivity (Wildman–Crippen MR) is 94.7 cm³/mol. The molecule has 1 N–H and O–H groups in total. The smallest absolute Gasteiger partial charge is 0.410 e. The summed E-state index contributed by atoms with van der Waals surface area (Å²) in [7, 11) is 0. The highest BCUT2D eigenvalue weighted by atomic mass is 16.6. The first-order valence-corrected chi connectivity index (χ1v) is 8.60. The van der Waals surface area contributed by atoms with Gasteiger partial charge in [-0.2, -0.15) is 0 Å². The number of ether oxygens (including phenoxy) is 1. The van der Waals surface area contributed by atoms with E-state index in [4.69, 9.17) is 4.74 Å². The molecule has 1 aromatic rings. The molecule has 1 heterocycles. The van der Waals surface area contributed by atoms with Crippen molar-refractivity contribution in [3.63, 3.8) is 0 Å². The van der Waals surface area contributed by atoms with Crippen LogP contribution >= 0.6 is 0 Å². The van der Waals surface area contributed by atoms with Gasteiger partial charge in [0.25, 0.3) is 5.91 Å². The minimum atomic E-state index is -0.465. The summed E-state index contributed by atoms with van der Waals surface area (Å²) in [4.78, 5) is 25.6. The molecule has 3 rings (SSSR count). The van der Waals surface area contributed by atoms with Crippen molar-refractivity contribution in [1.29, 1.82) is 0 Å². The number of amides is 2. The summed E-state index contributed by atoms with van der Waals surface area (Å²) in [5.41, 5.74) is 0.518. The van der Waals surface area contributed by atoms with Crippen LogP contribution < -0.4 is 5.32 Å². The van der Waals surface area contributed by atoms with Crippen LogP contribution in [-0.4, -0.2) is 41.6 Å². The first-order chi connectivity index (χ1) is 11.7. The van der Waals surface area contributed by atoms with E-state index in [-0.39, 0.29) is 23.5 Å². The Kier molecular flexibility index (Phi) is 4.47. The Morgan fingerprint density at radius 3 is 2.44 bits per heavy atom. The Labute approximate surface area is 148 Å². The van der Waals surface area contributed by atoms with Crippen molar-refractivity contribution in [1.82, 2.24) is 10.2 Å². The average molecular weight is 340 g/mol. The van der Waals surface area contributed by atoms with Crippen LogP contribution in [0.4, 0.5) is 4.79 Å². The van der Waals surface area contributed by atoms with Crippen molar-refractivity contribution in [3.8, 4) is 11.8 Å². The predicted octanol–water partition coefficient (Wildman–Crippen LogP) is 2.55. The first-order valence-electron chi connectivity index (χ1n) is 8.60. The zero-order valence-corrected chi connectivity index (χ0v) is 15.0. The lowest BCUT2D eigenvalue weighted by atomic mass is 9.61. The Bertz CT molecular complexity index is 711. The lowest BCUT2D eigenvalue weighted by molar-refractivity contribution is -0.121. The Balaban J connectivity index is 1.40. The van der Waals surface area contributed by atoms with Gasteiger partial charge in [0.1, 0.15) is 5.60 Å². The minimum absolute atomic E-state index is 0.151. The maximum Gasteiger partial charge on any atom is 0.410 e. The molecule has 1 spiro atoms. The van der Waals surface area contributed by atoms with Gasteiger partial charge in [-0.1, -0.05) is 24.1 Å². The van der Waals surface area contributed by atoms with Gasteiger partial charge in [0.05, 0.1) is 0 Å². The molecule has 1 saturated heterocycles. The molecule has 2 amide bonds. The van der Waals surface area contributed by atoms with Gasteiger partial charge >= 0.3 is 6.09 Å². The van der Waals surface area contributed by atoms with Gasteiger partial charge in [-0.25, -0.2) is 4.79 Å². The number of nitrogens with one attached hydrogen (secondary N) is 1. The lowest BCUT2D eigenvalue weighted by Crippen LogP contribution is -2.67. The van der Waals surface area contributed by atoms with Crippen LogP contribution in [0, 0.1) is 17.3 Å². The number of hydrogen-bond donors (Lipinski definition) is 1. The van der Waals surface area contributed by atoms with Gasteiger partial charge in [-0.15, -0.1) is 0 Å². The van der Waals surface area contributed by atoms with Crippen molar-refractivity contribution < 1.29 is 14.3 Å². The quantitative estimate of drug-likeness (QED) is 0.800. The Morgan fingerprint density at radius 1 is 1.20 bits per heavy atom. The van der Waals surface area contributed by atoms with Gasteiger partial charge in [0, 0.05) is 36.0 Å². The maximum absolute atomic E-state index is 12.0. The number of rotatable bonds is 1. The second-order valence-electron chi connectivity index (χ2n) is 8.03. The first kappa shape index (κ1) is 17.3. The monoisotopic (exact) mass is 340 g/mol. The molecule has 1 aromatic carbocycles. The zero-order valence-electron chi connectivity index (χ0n) is 15.0. The van der Waals surface area contributed by atoms with Crippen molar-refractivity contribution in [2.45, 2.75) is 45.3 Å². The van der Waals surface area contributed by atoms with E-state index in [1.54, 1.807) is 4.90 Å². The SMILES string of the molecule is CC(C)(C)OC(=O)N1CC2(CC(NC(=O)C#Cc3ccccc3)C2)C1. The summed E-state index contributed by atoms with van der Waals surface area (Å²) in [6.07, 6.45) is 1.54. The molecule has 5 heteroatoms. The van der Waals surface area contributed by atoms with E-state index >= 15 is 0 Å². The fourth-order valence-electron chi connectivity index (χ4n) is 3.44. The van der Waals surface area contributed by atoms with Crippen molar-refractivity contribution >= 4 is 12.0 Å². The van der Waals surface area contributed by atoms with Crippen molar-refractivity contribution in [2.75, 3.05) is 13.1 Å². The fourth-order valence-corrected chi connectivity index (χ4v) is 3.44. The number of carbonyl (C=O) groups excluding carboxylic acids is 2. The minimum Gasteiger partial charge on any atom is -0.444 e. The summed E-state index contributed by atoms with van der Waals surface area (Å²) in [5, 5.41) is 2.95. The van der Waals surface area contributed by atoms with Crippen LogP contribution in [0.2, 0.25) is 0 Å². The molecule has 0 unspecified atom stereocenters. The molecule has 1 aliphatic heterocycles. The highest BCUT2D eigenvalue weighted by molar-refractivity contribution is 5.94. The lowest BCUT2D eigenvalue weighted by Gasteiger charge is -2.58. The molecule has 0 atom stereocenters. The van der Waals surface area contributed by atoms with E-state index in [1.165, 1.54) is 0 Å². The topological polar surface area (TPSA) is 58.6 Å². The van der Waals surface area contributed by atoms with E-state index in [0.717, 1.165) is 18.4 Å². The molecule has 0 radical (unpaired) electrons. The standard InChI is InChI=1S/C20H24N2O3/c1-19(2,3)25-18(24)22-13-20(14-22)11-16(12-20)21-17(23)10-9-15-7-5-4-6-8-15/h4-8,16H,11-14H2,1-3H3,(H,21,23). The van der Waals surface area contributed by atoms with Gasteiger partial charge in [0.15, 0.2) is 0 Å². The molecule has 0 aromatic heterocycles. The normalized spacial score (nSPS) is 18.4. The van der Waals surface area contributed by atoms with Crippen LogP contribution in [0.1, 0.15) is 39.2 Å². The van der Waals surface area contributed by atoms with Crippen LogP contribution in [0.25, 0.3) is 0 Å². The van der Waals surface area contributed by atoms with E-state index in [2.05, 4.69) is 17.2 Å². The van der Waals surface area contributed by atoms with Crippen LogP contribution in [0.5, 0.6) is 0 Å². The third-order valence-corrected chi connectivity index (χ3v) is 4.49. The van der Waals surface area contributed by atoms with Gasteiger partial charge < -0.3 is 15.0 Å². The van der Waals surface area contributed by atoms with Gasteiger partial charge in [-0.05, 0) is 45.7 Å². The van der Waals surface area contributed by atoms with E-state index in [0.29, 0.717) is 13.1 Å². The number of carbonyl (C=O) groups is 2. The van der Waals surface area contributed by atoms with Crippen LogP contribution in [-0.2, 0) is 9.53 Å². The molecule has 1 aliphatic carbocycles. The van der Waals surface area contributed by atoms with Gasteiger partial charge in [0.2, 0.25) is 0 Å². The Morgan fingerprint density at radius 2 is 1.84 bits per heavy atom. The molecule has 5 nitrogen and oxygen atoms in total. The molecular weight excluding hydrogens is 316 g/mol. The van der Waals surface area contributed by atoms with E-state index in [1.807, 2.05) is 51.1 Å². The number of nitrogens with zero attached hydrogens (tertiary/aromatic N) is 1. The zero-order chi connectivity index (χ0) is 18.1. The van der Waals surface area contributed by atoms with E-state index in [9.17, 15) is 9.59 Å². The summed E-state index contributed by atoms with van der Waals surface area (Å²) in [6, 6.07) is 9.60. The second-order valence-corrected chi connectivity index (χ2v) is 8.03. The molecule has 25 heavy (non-hydrogen) atoms. The number of hydrogen-bond acceptors (Lipinski definition) is 3. The third-order valence-electron chi connectivity index (χ3n) is 4.49. The Hall–Kier alpha value is -2.48. The van der Waals surface area contributed by atoms with Crippen LogP contribution in [0.15, 0.2) is 30.3 Å². The van der Waals surface area contributed by atoms with Crippen molar-refractivity contribution in [2.24, 2.45) is 5.41 Å². The summed E-state index contributed by atoms with van der Waals surface area (Å²) >= 11 is 0.